The average molecular weight is 470 g/mol. The lowest BCUT2D eigenvalue weighted by Crippen LogP contribution is -2.05. The molecule has 0 fully saturated rings. The largest absolute Gasteiger partial charge is 0.494 e. The molecule has 35 heavy (non-hydrogen) atoms. The highest BCUT2D eigenvalue weighted by Crippen LogP contribution is 2.32. The lowest BCUT2D eigenvalue weighted by Gasteiger charge is -2.11. The first-order valence-electron chi connectivity index (χ1n) is 11.8. The molecule has 0 radical (unpaired) electrons. The van der Waals surface area contributed by atoms with Gasteiger partial charge in [-0.2, -0.15) is 5.10 Å². The van der Waals surface area contributed by atoms with Crippen molar-refractivity contribution in [1.82, 2.24) is 14.8 Å². The summed E-state index contributed by atoms with van der Waals surface area (Å²) < 4.78 is 14.1. The van der Waals surface area contributed by atoms with E-state index in [9.17, 15) is 9.90 Å². The first kappa shape index (κ1) is 22.5. The fourth-order valence-corrected chi connectivity index (χ4v) is 4.36. The zero-order valence-electron chi connectivity index (χ0n) is 19.3. The Bertz CT molecular complexity index is 1440. The number of carbonyl (C=O) groups is 1. The maximum absolute atomic E-state index is 11.2. The van der Waals surface area contributed by atoms with Gasteiger partial charge in [0.25, 0.3) is 0 Å². The molecule has 0 spiro atoms. The van der Waals surface area contributed by atoms with Crippen LogP contribution in [-0.4, -0.2) is 39.1 Å². The van der Waals surface area contributed by atoms with E-state index >= 15 is 0 Å². The number of unbranched alkanes of at least 4 members (excludes halogenated alkanes) is 1. The molecule has 0 bridgehead atoms. The molecule has 3 aromatic carbocycles. The molecule has 0 atom stereocenters. The number of aryl methyl sites for hydroxylation is 1. The smallest absolute Gasteiger partial charge is 0.305 e. The first-order chi connectivity index (χ1) is 17.2. The van der Waals surface area contributed by atoms with Crippen LogP contribution >= 0.6 is 0 Å². The Morgan fingerprint density at radius 2 is 1.66 bits per heavy atom. The van der Waals surface area contributed by atoms with E-state index in [2.05, 4.69) is 26.9 Å². The molecule has 2 N–H and O–H groups in total. The van der Waals surface area contributed by atoms with Crippen molar-refractivity contribution < 1.29 is 19.4 Å². The molecular weight excluding hydrogens is 442 g/mol. The van der Waals surface area contributed by atoms with E-state index in [1.54, 1.807) is 6.20 Å². The highest BCUT2D eigenvalue weighted by atomic mass is 16.5. The number of aromatic amines is 1. The quantitative estimate of drug-likeness (QED) is 0.235. The number of aliphatic carboxylic acids is 1. The summed E-state index contributed by atoms with van der Waals surface area (Å²) in [5.41, 5.74) is 3.95. The van der Waals surface area contributed by atoms with Crippen LogP contribution in [0, 0.1) is 0 Å². The number of nitrogens with one attached hydrogen (secondary N) is 1. The van der Waals surface area contributed by atoms with Crippen LogP contribution in [-0.2, 0) is 11.3 Å². The van der Waals surface area contributed by atoms with Crippen molar-refractivity contribution in [2.45, 2.75) is 25.8 Å². The van der Waals surface area contributed by atoms with E-state index in [0.717, 1.165) is 57.4 Å². The number of hydrogen-bond acceptors (Lipinski definition) is 4. The highest BCUT2D eigenvalue weighted by molar-refractivity contribution is 6.08. The number of aromatic nitrogens is 3. The zero-order chi connectivity index (χ0) is 24.0. The molecule has 0 saturated carbocycles. The number of para-hydroxylation sites is 2. The van der Waals surface area contributed by atoms with Crippen LogP contribution in [0.5, 0.6) is 11.5 Å². The summed E-state index contributed by atoms with van der Waals surface area (Å²) in [6.07, 6.45) is 3.51. The number of nitrogens with zero attached hydrogens (tertiary/aromatic N) is 2. The highest BCUT2D eigenvalue weighted by Gasteiger charge is 2.12. The van der Waals surface area contributed by atoms with Crippen molar-refractivity contribution >= 4 is 27.8 Å². The first-order valence-corrected chi connectivity index (χ1v) is 11.8. The van der Waals surface area contributed by atoms with Gasteiger partial charge in [-0.1, -0.05) is 30.3 Å². The number of benzene rings is 3. The summed E-state index contributed by atoms with van der Waals surface area (Å²) in [5, 5.41) is 18.4. The summed E-state index contributed by atoms with van der Waals surface area (Å²) in [4.78, 5) is 11.2. The van der Waals surface area contributed by atoms with Crippen molar-refractivity contribution in [2.24, 2.45) is 0 Å². The van der Waals surface area contributed by atoms with Gasteiger partial charge in [0.2, 0.25) is 0 Å². The van der Waals surface area contributed by atoms with E-state index in [-0.39, 0.29) is 6.42 Å². The fourth-order valence-electron chi connectivity index (χ4n) is 4.36. The molecule has 0 unspecified atom stereocenters. The van der Waals surface area contributed by atoms with Gasteiger partial charge < -0.3 is 19.1 Å². The lowest BCUT2D eigenvalue weighted by molar-refractivity contribution is -0.137. The average Bonchev–Trinajstić information content (AvgIpc) is 3.51. The number of H-pyrrole nitrogens is 1. The van der Waals surface area contributed by atoms with Crippen LogP contribution in [0.3, 0.4) is 0 Å². The second-order valence-electron chi connectivity index (χ2n) is 8.36. The molecule has 7 heteroatoms. The molecule has 0 amide bonds. The third-order valence-corrected chi connectivity index (χ3v) is 6.04. The van der Waals surface area contributed by atoms with Gasteiger partial charge in [-0.05, 0) is 49.2 Å². The molecule has 0 aliphatic rings. The number of carboxylic acid groups (broad SMARTS) is 1. The van der Waals surface area contributed by atoms with Gasteiger partial charge in [0.05, 0.1) is 30.8 Å². The maximum atomic E-state index is 11.2. The van der Waals surface area contributed by atoms with Crippen LogP contribution in [0.2, 0.25) is 0 Å². The molecule has 5 aromatic rings. The van der Waals surface area contributed by atoms with Gasteiger partial charge in [-0.25, -0.2) is 0 Å². The normalized spacial score (nSPS) is 11.2. The van der Waals surface area contributed by atoms with Crippen molar-refractivity contribution in [3.63, 3.8) is 0 Å². The van der Waals surface area contributed by atoms with Gasteiger partial charge in [0, 0.05) is 40.7 Å². The third kappa shape index (κ3) is 4.99. The number of carboxylic acids is 1. The standard InChI is InChI=1S/C28H27N3O4/c32-28(33)14-16-31-25-9-3-1-7-21(25)22-12-11-20(19-26(22)31)34-17-5-6-18-35-27-10-4-2-8-23(27)24-13-15-29-30-24/h1-4,7-13,15,19H,5-6,14,16-18H2,(H,29,30)(H,32,33). The van der Waals surface area contributed by atoms with Crippen LogP contribution in [0.25, 0.3) is 33.1 Å². The lowest BCUT2D eigenvalue weighted by atomic mass is 10.1. The Morgan fingerprint density at radius 3 is 2.49 bits per heavy atom. The van der Waals surface area contributed by atoms with Gasteiger partial charge in [0.1, 0.15) is 11.5 Å². The Morgan fingerprint density at radius 1 is 0.886 bits per heavy atom. The van der Waals surface area contributed by atoms with Crippen LogP contribution < -0.4 is 9.47 Å². The summed E-state index contributed by atoms with van der Waals surface area (Å²) >= 11 is 0. The Labute approximate surface area is 202 Å². The predicted octanol–water partition coefficient (Wildman–Crippen LogP) is 5.90. The second-order valence-corrected chi connectivity index (χ2v) is 8.36. The van der Waals surface area contributed by atoms with Gasteiger partial charge in [-0.3, -0.25) is 9.89 Å². The molecule has 0 aliphatic heterocycles. The fraction of sp³-hybridized carbons (Fsp3) is 0.214. The topological polar surface area (TPSA) is 89.4 Å². The van der Waals surface area contributed by atoms with Crippen molar-refractivity contribution in [3.05, 3.63) is 79.0 Å². The van der Waals surface area contributed by atoms with Crippen molar-refractivity contribution in [1.29, 1.82) is 0 Å². The Hall–Kier alpha value is -4.26. The minimum Gasteiger partial charge on any atom is -0.494 e. The summed E-state index contributed by atoms with van der Waals surface area (Å²) in [7, 11) is 0. The molecule has 2 heterocycles. The van der Waals surface area contributed by atoms with Gasteiger partial charge in [0.15, 0.2) is 0 Å². The summed E-state index contributed by atoms with van der Waals surface area (Å²) in [6.45, 7) is 1.59. The molecule has 2 aromatic heterocycles. The number of rotatable bonds is 11. The van der Waals surface area contributed by atoms with Crippen LogP contribution in [0.15, 0.2) is 79.0 Å². The van der Waals surface area contributed by atoms with Crippen molar-refractivity contribution in [3.8, 4) is 22.8 Å². The zero-order valence-corrected chi connectivity index (χ0v) is 19.3. The SMILES string of the molecule is O=C(O)CCn1c2ccccc2c2ccc(OCCCCOc3ccccc3-c3ccn[nH]3)cc21. The Balaban J connectivity index is 1.19. The van der Waals surface area contributed by atoms with Crippen LogP contribution in [0.1, 0.15) is 19.3 Å². The minimum absolute atomic E-state index is 0.0718. The molecule has 0 saturated heterocycles. The van der Waals surface area contributed by atoms with E-state index in [1.165, 1.54) is 0 Å². The Kier molecular flexibility index (Phi) is 6.66. The van der Waals surface area contributed by atoms with Crippen LogP contribution in [0.4, 0.5) is 0 Å². The summed E-state index contributed by atoms with van der Waals surface area (Å²) in [5.74, 6) is 0.803. The predicted molar refractivity (Wildman–Crippen MR) is 136 cm³/mol. The minimum atomic E-state index is -0.808. The number of fused-ring (bicyclic) bond motifs is 3. The molecular formula is C28H27N3O4. The van der Waals surface area contributed by atoms with E-state index in [4.69, 9.17) is 9.47 Å². The second kappa shape index (κ2) is 10.3. The molecule has 178 valence electrons. The monoisotopic (exact) mass is 469 g/mol. The molecule has 5 rings (SSSR count). The van der Waals surface area contributed by atoms with Gasteiger partial charge >= 0.3 is 5.97 Å². The van der Waals surface area contributed by atoms with E-state index in [1.807, 2.05) is 60.7 Å². The van der Waals surface area contributed by atoms with E-state index in [0.29, 0.717) is 19.8 Å². The number of ether oxygens (including phenoxy) is 2. The summed E-state index contributed by atoms with van der Waals surface area (Å²) in [6, 6.07) is 24.0. The molecule has 7 nitrogen and oxygen atoms in total. The van der Waals surface area contributed by atoms with Gasteiger partial charge in [-0.15, -0.1) is 0 Å². The van der Waals surface area contributed by atoms with E-state index < -0.39 is 5.97 Å². The molecule has 0 aliphatic carbocycles. The number of hydrogen-bond donors (Lipinski definition) is 2. The van der Waals surface area contributed by atoms with Crippen molar-refractivity contribution in [2.75, 3.05) is 13.2 Å². The maximum Gasteiger partial charge on any atom is 0.305 e. The third-order valence-electron chi connectivity index (χ3n) is 6.04.